The standard InChI is InChI=1S/C21H22N2O4/c1-25-19-7-5-15(6-8-19)12-22-21(13-26-14-21)11-17-10-20(27-23-17)16-3-2-4-18(24)9-16/h2-10,22,24H,11-14H2,1H3. The lowest BCUT2D eigenvalue weighted by atomic mass is 9.90. The number of hydrogen-bond acceptors (Lipinski definition) is 6. The molecule has 2 aromatic carbocycles. The molecule has 0 amide bonds. The van der Waals surface area contributed by atoms with E-state index in [9.17, 15) is 5.11 Å². The first kappa shape index (κ1) is 17.6. The summed E-state index contributed by atoms with van der Waals surface area (Å²) >= 11 is 0. The summed E-state index contributed by atoms with van der Waals surface area (Å²) in [5.41, 5.74) is 2.70. The normalized spacial score (nSPS) is 15.3. The Kier molecular flexibility index (Phi) is 4.83. The maximum Gasteiger partial charge on any atom is 0.167 e. The fraction of sp³-hybridized carbons (Fsp3) is 0.286. The predicted octanol–water partition coefficient (Wildman–Crippen LogP) is 3.16. The zero-order valence-corrected chi connectivity index (χ0v) is 15.1. The summed E-state index contributed by atoms with van der Waals surface area (Å²) < 4.78 is 16.1. The van der Waals surface area contributed by atoms with Gasteiger partial charge < -0.3 is 24.4 Å². The number of ether oxygens (including phenoxy) is 2. The van der Waals surface area contributed by atoms with Crippen LogP contribution in [-0.2, 0) is 17.7 Å². The Morgan fingerprint density at radius 3 is 2.63 bits per heavy atom. The van der Waals surface area contributed by atoms with E-state index in [1.54, 1.807) is 25.3 Å². The van der Waals surface area contributed by atoms with Crippen molar-refractivity contribution in [3.8, 4) is 22.8 Å². The SMILES string of the molecule is COc1ccc(CNC2(Cc3cc(-c4cccc(O)c4)on3)COC2)cc1. The average molecular weight is 366 g/mol. The van der Waals surface area contributed by atoms with Crippen LogP contribution in [0.3, 0.4) is 0 Å². The molecule has 2 N–H and O–H groups in total. The highest BCUT2D eigenvalue weighted by atomic mass is 16.5. The van der Waals surface area contributed by atoms with Crippen molar-refractivity contribution in [2.75, 3.05) is 20.3 Å². The van der Waals surface area contributed by atoms with Crippen LogP contribution < -0.4 is 10.1 Å². The molecule has 6 nitrogen and oxygen atoms in total. The molecule has 0 radical (unpaired) electrons. The van der Waals surface area contributed by atoms with Gasteiger partial charge >= 0.3 is 0 Å². The molecule has 4 rings (SSSR count). The van der Waals surface area contributed by atoms with Crippen molar-refractivity contribution in [3.63, 3.8) is 0 Å². The fourth-order valence-electron chi connectivity index (χ4n) is 3.19. The van der Waals surface area contributed by atoms with Crippen molar-refractivity contribution in [2.24, 2.45) is 0 Å². The molecule has 27 heavy (non-hydrogen) atoms. The maximum absolute atomic E-state index is 9.63. The van der Waals surface area contributed by atoms with Crippen molar-refractivity contribution < 1.29 is 19.1 Å². The number of aromatic nitrogens is 1. The van der Waals surface area contributed by atoms with Gasteiger partial charge in [0.25, 0.3) is 0 Å². The Hall–Kier alpha value is -2.83. The van der Waals surface area contributed by atoms with Crippen LogP contribution in [0.4, 0.5) is 0 Å². The van der Waals surface area contributed by atoms with E-state index in [4.69, 9.17) is 14.0 Å². The minimum atomic E-state index is -0.146. The van der Waals surface area contributed by atoms with Gasteiger partial charge in [-0.05, 0) is 29.8 Å². The molecular formula is C21H22N2O4. The molecule has 0 atom stereocenters. The van der Waals surface area contributed by atoms with Crippen molar-refractivity contribution in [1.29, 1.82) is 0 Å². The van der Waals surface area contributed by atoms with Crippen molar-refractivity contribution in [1.82, 2.24) is 10.5 Å². The first-order valence-corrected chi connectivity index (χ1v) is 8.87. The molecule has 140 valence electrons. The zero-order valence-electron chi connectivity index (χ0n) is 15.1. The second-order valence-corrected chi connectivity index (χ2v) is 6.88. The third-order valence-electron chi connectivity index (χ3n) is 4.79. The number of rotatable bonds is 7. The van der Waals surface area contributed by atoms with Crippen LogP contribution in [0.15, 0.2) is 59.1 Å². The predicted molar refractivity (Wildman–Crippen MR) is 101 cm³/mol. The van der Waals surface area contributed by atoms with Gasteiger partial charge in [0.1, 0.15) is 11.5 Å². The van der Waals surface area contributed by atoms with Crippen LogP contribution in [0.1, 0.15) is 11.3 Å². The maximum atomic E-state index is 9.63. The molecule has 0 aliphatic carbocycles. The first-order valence-electron chi connectivity index (χ1n) is 8.87. The highest BCUT2D eigenvalue weighted by molar-refractivity contribution is 5.59. The topological polar surface area (TPSA) is 76.8 Å². The van der Waals surface area contributed by atoms with Crippen LogP contribution in [0.25, 0.3) is 11.3 Å². The molecule has 1 aliphatic rings. The Morgan fingerprint density at radius 2 is 1.96 bits per heavy atom. The molecule has 3 aromatic rings. The van der Waals surface area contributed by atoms with Gasteiger partial charge in [0, 0.05) is 24.6 Å². The molecule has 0 bridgehead atoms. The van der Waals surface area contributed by atoms with E-state index in [0.29, 0.717) is 25.4 Å². The summed E-state index contributed by atoms with van der Waals surface area (Å²) in [6.45, 7) is 2.01. The van der Waals surface area contributed by atoms with Crippen LogP contribution in [-0.4, -0.2) is 36.1 Å². The smallest absolute Gasteiger partial charge is 0.167 e. The monoisotopic (exact) mass is 366 g/mol. The molecule has 1 aromatic heterocycles. The van der Waals surface area contributed by atoms with Gasteiger partial charge in [-0.15, -0.1) is 0 Å². The largest absolute Gasteiger partial charge is 0.508 e. The summed E-state index contributed by atoms with van der Waals surface area (Å²) in [6.07, 6.45) is 0.714. The number of nitrogens with one attached hydrogen (secondary N) is 1. The van der Waals surface area contributed by atoms with E-state index in [1.807, 2.05) is 24.3 Å². The Bertz CT molecular complexity index is 901. The Balaban J connectivity index is 1.42. The quantitative estimate of drug-likeness (QED) is 0.669. The van der Waals surface area contributed by atoms with Gasteiger partial charge in [0.05, 0.1) is 31.6 Å². The summed E-state index contributed by atoms with van der Waals surface area (Å²) in [4.78, 5) is 0. The van der Waals surface area contributed by atoms with Crippen LogP contribution in [0, 0.1) is 0 Å². The highest BCUT2D eigenvalue weighted by Gasteiger charge is 2.39. The van der Waals surface area contributed by atoms with Gasteiger partial charge in [-0.25, -0.2) is 0 Å². The fourth-order valence-corrected chi connectivity index (χ4v) is 3.19. The molecular weight excluding hydrogens is 344 g/mol. The van der Waals surface area contributed by atoms with Gasteiger partial charge in [0.15, 0.2) is 5.76 Å². The van der Waals surface area contributed by atoms with Gasteiger partial charge in [0.2, 0.25) is 0 Å². The Morgan fingerprint density at radius 1 is 1.15 bits per heavy atom. The molecule has 6 heteroatoms. The number of methoxy groups -OCH3 is 1. The number of hydrogen-bond donors (Lipinski definition) is 2. The second kappa shape index (κ2) is 7.42. The molecule has 1 saturated heterocycles. The number of phenols is 1. The molecule has 1 fully saturated rings. The van der Waals surface area contributed by atoms with Crippen LogP contribution in [0.2, 0.25) is 0 Å². The summed E-state index contributed by atoms with van der Waals surface area (Å²) in [5, 5.41) is 17.4. The summed E-state index contributed by atoms with van der Waals surface area (Å²) in [7, 11) is 1.66. The number of nitrogens with zero attached hydrogens (tertiary/aromatic N) is 1. The van der Waals surface area contributed by atoms with Crippen molar-refractivity contribution >= 4 is 0 Å². The molecule has 1 aliphatic heterocycles. The lowest BCUT2D eigenvalue weighted by Gasteiger charge is -2.42. The van der Waals surface area contributed by atoms with E-state index in [1.165, 1.54) is 5.56 Å². The number of phenolic OH excluding ortho intramolecular Hbond substituents is 1. The lowest BCUT2D eigenvalue weighted by molar-refractivity contribution is -0.0755. The van der Waals surface area contributed by atoms with Crippen molar-refractivity contribution in [3.05, 3.63) is 65.9 Å². The third kappa shape index (κ3) is 3.97. The Labute approximate surface area is 157 Å². The van der Waals surface area contributed by atoms with Gasteiger partial charge in [-0.1, -0.05) is 29.4 Å². The first-order chi connectivity index (χ1) is 13.2. The minimum Gasteiger partial charge on any atom is -0.508 e. The van der Waals surface area contributed by atoms with Gasteiger partial charge in [-0.2, -0.15) is 0 Å². The van der Waals surface area contributed by atoms with E-state index in [2.05, 4.69) is 22.6 Å². The number of benzene rings is 2. The molecule has 0 unspecified atom stereocenters. The van der Waals surface area contributed by atoms with Crippen molar-refractivity contribution in [2.45, 2.75) is 18.5 Å². The van der Waals surface area contributed by atoms with Crippen LogP contribution >= 0.6 is 0 Å². The highest BCUT2D eigenvalue weighted by Crippen LogP contribution is 2.27. The average Bonchev–Trinajstić information content (AvgIpc) is 3.13. The van der Waals surface area contributed by atoms with E-state index < -0.39 is 0 Å². The van der Waals surface area contributed by atoms with E-state index >= 15 is 0 Å². The number of aromatic hydroxyl groups is 1. The van der Waals surface area contributed by atoms with Crippen LogP contribution in [0.5, 0.6) is 11.5 Å². The molecule has 0 spiro atoms. The second-order valence-electron chi connectivity index (χ2n) is 6.88. The third-order valence-corrected chi connectivity index (χ3v) is 4.79. The lowest BCUT2D eigenvalue weighted by Crippen LogP contribution is -2.61. The van der Waals surface area contributed by atoms with E-state index in [0.717, 1.165) is 23.6 Å². The molecule has 2 heterocycles. The summed E-state index contributed by atoms with van der Waals surface area (Å²) in [5.74, 6) is 1.70. The minimum absolute atomic E-state index is 0.146. The van der Waals surface area contributed by atoms with E-state index in [-0.39, 0.29) is 11.3 Å². The zero-order chi connectivity index (χ0) is 18.7. The summed E-state index contributed by atoms with van der Waals surface area (Å²) in [6, 6.07) is 16.9. The van der Waals surface area contributed by atoms with Gasteiger partial charge in [-0.3, -0.25) is 0 Å². The molecule has 0 saturated carbocycles.